The van der Waals surface area contributed by atoms with E-state index in [1.54, 1.807) is 18.3 Å². The van der Waals surface area contributed by atoms with E-state index in [0.29, 0.717) is 36.8 Å². The lowest BCUT2D eigenvalue weighted by Crippen LogP contribution is -2.41. The number of halogens is 2. The fourth-order valence-corrected chi connectivity index (χ4v) is 3.45. The molecule has 0 aliphatic carbocycles. The van der Waals surface area contributed by atoms with E-state index in [9.17, 15) is 13.6 Å². The summed E-state index contributed by atoms with van der Waals surface area (Å²) in [5.41, 5.74) is 0.258. The predicted octanol–water partition coefficient (Wildman–Crippen LogP) is 3.11. The molecule has 0 saturated carbocycles. The molecule has 0 radical (unpaired) electrons. The van der Waals surface area contributed by atoms with E-state index >= 15 is 0 Å². The number of amides is 1. The van der Waals surface area contributed by atoms with Gasteiger partial charge in [-0.15, -0.1) is 5.10 Å². The first-order valence-electron chi connectivity index (χ1n) is 9.61. The van der Waals surface area contributed by atoms with Crippen molar-refractivity contribution in [3.63, 3.8) is 0 Å². The molecule has 3 aromatic heterocycles. The second-order valence-corrected chi connectivity index (χ2v) is 7.40. The van der Waals surface area contributed by atoms with Crippen molar-refractivity contribution in [1.82, 2.24) is 19.7 Å². The Labute approximate surface area is 171 Å². The number of morpholine rings is 1. The molecule has 10 heteroatoms. The Hall–Kier alpha value is -3.14. The topological polar surface area (TPSA) is 85.2 Å². The SMILES string of the molecule is CC(=O)Nc1cc2c(cn1)c(N1CCO[C@@H](C)C1)nn2-c1cccc(C(C)(F)F)n1. The third kappa shape index (κ3) is 3.95. The normalized spacial score (nSPS) is 17.4. The van der Waals surface area contributed by atoms with Crippen molar-refractivity contribution < 1.29 is 18.3 Å². The molecule has 0 bridgehead atoms. The highest BCUT2D eigenvalue weighted by Crippen LogP contribution is 2.31. The van der Waals surface area contributed by atoms with Crippen LogP contribution in [0.1, 0.15) is 26.5 Å². The van der Waals surface area contributed by atoms with E-state index in [0.717, 1.165) is 12.3 Å². The van der Waals surface area contributed by atoms with Crippen LogP contribution in [0.5, 0.6) is 0 Å². The van der Waals surface area contributed by atoms with E-state index in [-0.39, 0.29) is 23.5 Å². The first-order chi connectivity index (χ1) is 14.2. The second-order valence-electron chi connectivity index (χ2n) is 7.40. The Balaban J connectivity index is 1.88. The zero-order chi connectivity index (χ0) is 21.5. The molecular formula is C20H22F2N6O2. The summed E-state index contributed by atoms with van der Waals surface area (Å²) in [5.74, 6) is -2.08. The zero-order valence-electron chi connectivity index (χ0n) is 16.9. The van der Waals surface area contributed by atoms with Crippen LogP contribution in [0, 0.1) is 0 Å². The van der Waals surface area contributed by atoms with Gasteiger partial charge in [0.15, 0.2) is 11.6 Å². The molecule has 8 nitrogen and oxygen atoms in total. The molecule has 4 rings (SSSR count). The van der Waals surface area contributed by atoms with Crippen molar-refractivity contribution in [2.45, 2.75) is 32.8 Å². The van der Waals surface area contributed by atoms with Gasteiger partial charge in [-0.3, -0.25) is 4.79 Å². The van der Waals surface area contributed by atoms with Crippen LogP contribution in [0.15, 0.2) is 30.5 Å². The molecule has 30 heavy (non-hydrogen) atoms. The molecule has 4 heterocycles. The monoisotopic (exact) mass is 416 g/mol. The van der Waals surface area contributed by atoms with Crippen molar-refractivity contribution in [3.8, 4) is 5.82 Å². The number of nitrogens with one attached hydrogen (secondary N) is 1. The standard InChI is InChI=1S/C20H22F2N6O2/c1-12-11-27(7-8-30-12)19-14-10-23-17(24-13(2)29)9-15(14)28(26-19)18-6-4-5-16(25-18)20(3,21)22/h4-6,9-10,12H,7-8,11H2,1-3H3,(H,23,24,29)/t12-/m0/s1. The molecule has 3 aromatic rings. The molecule has 158 valence electrons. The molecular weight excluding hydrogens is 394 g/mol. The number of anilines is 2. The maximum absolute atomic E-state index is 13.8. The number of carbonyl (C=O) groups is 1. The van der Waals surface area contributed by atoms with E-state index in [1.807, 2.05) is 6.92 Å². The third-order valence-electron chi connectivity index (χ3n) is 4.79. The number of alkyl halides is 2. The first-order valence-corrected chi connectivity index (χ1v) is 9.61. The molecule has 1 amide bonds. The number of nitrogens with zero attached hydrogens (tertiary/aromatic N) is 5. The lowest BCUT2D eigenvalue weighted by molar-refractivity contribution is -0.114. The van der Waals surface area contributed by atoms with Gasteiger partial charge < -0.3 is 15.0 Å². The van der Waals surface area contributed by atoms with Crippen LogP contribution in [0.4, 0.5) is 20.4 Å². The summed E-state index contributed by atoms with van der Waals surface area (Å²) >= 11 is 0. The Morgan fingerprint density at radius 3 is 2.87 bits per heavy atom. The number of carbonyl (C=O) groups excluding carboxylic acids is 1. The van der Waals surface area contributed by atoms with Crippen LogP contribution in [-0.4, -0.2) is 51.5 Å². The average Bonchev–Trinajstić information content (AvgIpc) is 3.06. The summed E-state index contributed by atoms with van der Waals surface area (Å²) in [6.07, 6.45) is 1.66. The van der Waals surface area contributed by atoms with Crippen molar-refractivity contribution in [2.75, 3.05) is 29.9 Å². The molecule has 1 N–H and O–H groups in total. The maximum Gasteiger partial charge on any atom is 0.287 e. The van der Waals surface area contributed by atoms with Crippen LogP contribution in [0.3, 0.4) is 0 Å². The van der Waals surface area contributed by atoms with Crippen LogP contribution in [-0.2, 0) is 15.5 Å². The number of fused-ring (bicyclic) bond motifs is 1. The van der Waals surface area contributed by atoms with Crippen molar-refractivity contribution in [3.05, 3.63) is 36.2 Å². The highest BCUT2D eigenvalue weighted by molar-refractivity contribution is 5.95. The van der Waals surface area contributed by atoms with E-state index in [1.165, 1.54) is 23.7 Å². The highest BCUT2D eigenvalue weighted by Gasteiger charge is 2.28. The van der Waals surface area contributed by atoms with Gasteiger partial charge in [-0.2, -0.15) is 8.78 Å². The van der Waals surface area contributed by atoms with Crippen molar-refractivity contribution >= 4 is 28.4 Å². The third-order valence-corrected chi connectivity index (χ3v) is 4.79. The van der Waals surface area contributed by atoms with E-state index in [2.05, 4.69) is 25.3 Å². The molecule has 0 aromatic carbocycles. The van der Waals surface area contributed by atoms with Crippen molar-refractivity contribution in [2.24, 2.45) is 0 Å². The molecule has 1 saturated heterocycles. The number of aromatic nitrogens is 4. The van der Waals surface area contributed by atoms with Gasteiger partial charge in [0.2, 0.25) is 5.91 Å². The lowest BCUT2D eigenvalue weighted by atomic mass is 10.2. The molecule has 0 unspecified atom stereocenters. The quantitative estimate of drug-likeness (QED) is 0.704. The molecule has 0 spiro atoms. The second kappa shape index (κ2) is 7.60. The van der Waals surface area contributed by atoms with Crippen molar-refractivity contribution in [1.29, 1.82) is 0 Å². The molecule has 1 aliphatic rings. The minimum Gasteiger partial charge on any atom is -0.375 e. The average molecular weight is 416 g/mol. The Kier molecular flexibility index (Phi) is 5.10. The van der Waals surface area contributed by atoms with Gasteiger partial charge in [0.25, 0.3) is 5.92 Å². The number of ether oxygens (including phenoxy) is 1. The van der Waals surface area contributed by atoms with Gasteiger partial charge in [0, 0.05) is 39.2 Å². The fourth-order valence-electron chi connectivity index (χ4n) is 3.45. The maximum atomic E-state index is 13.8. The lowest BCUT2D eigenvalue weighted by Gasteiger charge is -2.31. The fraction of sp³-hybridized carbons (Fsp3) is 0.400. The number of pyridine rings is 2. The smallest absolute Gasteiger partial charge is 0.287 e. The summed E-state index contributed by atoms with van der Waals surface area (Å²) in [7, 11) is 0. The van der Waals surface area contributed by atoms with Gasteiger partial charge in [-0.05, 0) is 19.1 Å². The van der Waals surface area contributed by atoms with Gasteiger partial charge in [-0.25, -0.2) is 14.6 Å². The Morgan fingerprint density at radius 2 is 2.17 bits per heavy atom. The molecule has 1 atom stereocenters. The minimum atomic E-state index is -3.08. The largest absolute Gasteiger partial charge is 0.375 e. The Morgan fingerprint density at radius 1 is 1.37 bits per heavy atom. The van der Waals surface area contributed by atoms with E-state index in [4.69, 9.17) is 4.74 Å². The predicted molar refractivity (Wildman–Crippen MR) is 108 cm³/mol. The summed E-state index contributed by atoms with van der Waals surface area (Å²) in [6.45, 7) is 6.01. The van der Waals surface area contributed by atoms with Crippen LogP contribution in [0.2, 0.25) is 0 Å². The minimum absolute atomic E-state index is 0.0331. The van der Waals surface area contributed by atoms with Crippen LogP contribution >= 0.6 is 0 Å². The molecule has 1 aliphatic heterocycles. The Bertz CT molecular complexity index is 1090. The van der Waals surface area contributed by atoms with Crippen LogP contribution in [0.25, 0.3) is 16.7 Å². The summed E-state index contributed by atoms with van der Waals surface area (Å²) < 4.78 is 34.8. The van der Waals surface area contributed by atoms with Gasteiger partial charge in [0.05, 0.1) is 23.6 Å². The van der Waals surface area contributed by atoms with Crippen LogP contribution < -0.4 is 10.2 Å². The summed E-state index contributed by atoms with van der Waals surface area (Å²) in [4.78, 5) is 22.0. The number of hydrogen-bond acceptors (Lipinski definition) is 6. The first kappa shape index (κ1) is 20.1. The van der Waals surface area contributed by atoms with Gasteiger partial charge in [0.1, 0.15) is 11.5 Å². The highest BCUT2D eigenvalue weighted by atomic mass is 19.3. The van der Waals surface area contributed by atoms with Gasteiger partial charge >= 0.3 is 0 Å². The molecule has 1 fully saturated rings. The summed E-state index contributed by atoms with van der Waals surface area (Å²) in [5, 5.41) is 8.06. The zero-order valence-corrected chi connectivity index (χ0v) is 16.9. The number of rotatable bonds is 4. The number of hydrogen-bond donors (Lipinski definition) is 1. The van der Waals surface area contributed by atoms with Gasteiger partial charge in [-0.1, -0.05) is 6.07 Å². The summed E-state index contributed by atoms with van der Waals surface area (Å²) in [6, 6.07) is 6.08. The van der Waals surface area contributed by atoms with E-state index < -0.39 is 5.92 Å².